The lowest BCUT2D eigenvalue weighted by Crippen LogP contribution is -2.29. The molecule has 1 heterocycles. The molecule has 1 aromatic rings. The van der Waals surface area contributed by atoms with E-state index in [9.17, 15) is 13.2 Å². The number of aromatic nitrogens is 1. The predicted molar refractivity (Wildman–Crippen MR) is 65.2 cm³/mol. The van der Waals surface area contributed by atoms with Crippen molar-refractivity contribution in [2.45, 2.75) is 38.4 Å². The van der Waals surface area contributed by atoms with Crippen molar-refractivity contribution in [2.24, 2.45) is 5.73 Å². The average Bonchev–Trinajstić information content (AvgIpc) is 2.33. The smallest absolute Gasteiger partial charge is 0.366 e. The maximum atomic E-state index is 12.5. The summed E-state index contributed by atoms with van der Waals surface area (Å²) in [6, 6.07) is 1.92. The van der Waals surface area contributed by atoms with E-state index in [1.165, 1.54) is 0 Å². The molecule has 0 aliphatic heterocycles. The van der Waals surface area contributed by atoms with Gasteiger partial charge in [-0.15, -0.1) is 0 Å². The van der Waals surface area contributed by atoms with Gasteiger partial charge in [-0.2, -0.15) is 13.2 Å². The maximum Gasteiger partial charge on any atom is 0.416 e. The normalized spacial score (nSPS) is 13.4. The minimum Gasteiger partial charge on any atom is -0.366 e. The van der Waals surface area contributed by atoms with E-state index in [-0.39, 0.29) is 11.9 Å². The topological polar surface area (TPSA) is 50.9 Å². The molecule has 102 valence electrons. The van der Waals surface area contributed by atoms with Crippen molar-refractivity contribution < 1.29 is 13.2 Å². The first kappa shape index (κ1) is 14.8. The van der Waals surface area contributed by atoms with Gasteiger partial charge < -0.3 is 11.1 Å². The van der Waals surface area contributed by atoms with Crippen LogP contribution in [-0.4, -0.2) is 17.6 Å². The third kappa shape index (κ3) is 4.52. The Labute approximate surface area is 105 Å². The van der Waals surface area contributed by atoms with Crippen LogP contribution >= 0.6 is 0 Å². The van der Waals surface area contributed by atoms with Crippen molar-refractivity contribution in [1.82, 2.24) is 4.98 Å². The fraction of sp³-hybridized carbons (Fsp3) is 0.583. The summed E-state index contributed by atoms with van der Waals surface area (Å²) >= 11 is 0. The summed E-state index contributed by atoms with van der Waals surface area (Å²) in [7, 11) is 0. The number of alkyl halides is 3. The Kier molecular flexibility index (Phi) is 5.40. The molecule has 1 rings (SSSR count). The van der Waals surface area contributed by atoms with Gasteiger partial charge in [0.1, 0.15) is 5.82 Å². The van der Waals surface area contributed by atoms with E-state index in [1.54, 1.807) is 0 Å². The zero-order valence-electron chi connectivity index (χ0n) is 10.3. The Bertz CT molecular complexity index is 366. The number of nitrogens with zero attached hydrogens (tertiary/aromatic N) is 1. The Morgan fingerprint density at radius 2 is 2.17 bits per heavy atom. The first-order chi connectivity index (χ1) is 8.47. The third-order valence-electron chi connectivity index (χ3n) is 2.63. The van der Waals surface area contributed by atoms with E-state index in [2.05, 4.69) is 17.2 Å². The number of unbranched alkanes of at least 4 members (excludes halogenated alkanes) is 1. The second-order valence-electron chi connectivity index (χ2n) is 4.15. The first-order valence-electron chi connectivity index (χ1n) is 5.97. The number of pyridine rings is 1. The second-order valence-corrected chi connectivity index (χ2v) is 4.15. The molecule has 18 heavy (non-hydrogen) atoms. The first-order valence-corrected chi connectivity index (χ1v) is 5.97. The van der Waals surface area contributed by atoms with Crippen LogP contribution in [0, 0.1) is 0 Å². The number of anilines is 1. The van der Waals surface area contributed by atoms with E-state index in [0.717, 1.165) is 37.6 Å². The van der Waals surface area contributed by atoms with Gasteiger partial charge in [0, 0.05) is 18.8 Å². The summed E-state index contributed by atoms with van der Waals surface area (Å²) < 4.78 is 37.5. The molecular formula is C12H18F3N3. The van der Waals surface area contributed by atoms with E-state index in [0.29, 0.717) is 6.54 Å². The van der Waals surface area contributed by atoms with Crippen LogP contribution in [0.3, 0.4) is 0 Å². The molecule has 0 amide bonds. The number of nitrogens with two attached hydrogens (primary N) is 1. The highest BCUT2D eigenvalue weighted by atomic mass is 19.4. The standard InChI is InChI=1S/C12H18F3N3/c1-2-3-4-10(8-16)18-11-7-9(5-6-17-11)12(13,14)15/h5-7,10H,2-4,8,16H2,1H3,(H,17,18). The molecule has 6 heteroatoms. The largest absolute Gasteiger partial charge is 0.416 e. The second kappa shape index (κ2) is 6.58. The molecule has 0 fully saturated rings. The Balaban J connectivity index is 2.71. The molecule has 0 aromatic carbocycles. The summed E-state index contributed by atoms with van der Waals surface area (Å²) in [4.78, 5) is 3.88. The zero-order valence-corrected chi connectivity index (χ0v) is 10.3. The molecule has 3 N–H and O–H groups in total. The van der Waals surface area contributed by atoms with Crippen LogP contribution < -0.4 is 11.1 Å². The van der Waals surface area contributed by atoms with Gasteiger partial charge in [-0.05, 0) is 18.6 Å². The number of hydrogen-bond acceptors (Lipinski definition) is 3. The fourth-order valence-corrected chi connectivity index (χ4v) is 1.59. The van der Waals surface area contributed by atoms with Gasteiger partial charge in [0.05, 0.1) is 5.56 Å². The number of rotatable bonds is 6. The van der Waals surface area contributed by atoms with Crippen molar-refractivity contribution in [1.29, 1.82) is 0 Å². The molecule has 0 radical (unpaired) electrons. The Morgan fingerprint density at radius 3 is 2.72 bits per heavy atom. The summed E-state index contributed by atoms with van der Waals surface area (Å²) in [6.07, 6.45) is -0.369. The molecular weight excluding hydrogens is 243 g/mol. The quantitative estimate of drug-likeness (QED) is 0.827. The molecule has 0 aliphatic rings. The molecule has 1 unspecified atom stereocenters. The summed E-state index contributed by atoms with van der Waals surface area (Å²) in [5.41, 5.74) is 4.87. The molecule has 0 aliphatic carbocycles. The van der Waals surface area contributed by atoms with Crippen LogP contribution in [0.2, 0.25) is 0 Å². The molecule has 1 aromatic heterocycles. The van der Waals surface area contributed by atoms with E-state index in [1.807, 2.05) is 0 Å². The highest BCUT2D eigenvalue weighted by Gasteiger charge is 2.30. The van der Waals surface area contributed by atoms with Crippen molar-refractivity contribution in [3.63, 3.8) is 0 Å². The molecule has 0 saturated carbocycles. The van der Waals surface area contributed by atoms with E-state index in [4.69, 9.17) is 5.73 Å². The van der Waals surface area contributed by atoms with Crippen LogP contribution in [-0.2, 0) is 6.18 Å². The highest BCUT2D eigenvalue weighted by Crippen LogP contribution is 2.30. The molecule has 3 nitrogen and oxygen atoms in total. The van der Waals surface area contributed by atoms with Crippen molar-refractivity contribution >= 4 is 5.82 Å². The van der Waals surface area contributed by atoms with E-state index >= 15 is 0 Å². The lowest BCUT2D eigenvalue weighted by molar-refractivity contribution is -0.137. The SMILES string of the molecule is CCCCC(CN)Nc1cc(C(F)(F)F)ccn1. The van der Waals surface area contributed by atoms with Gasteiger partial charge >= 0.3 is 6.18 Å². The van der Waals surface area contributed by atoms with Gasteiger partial charge in [-0.25, -0.2) is 4.98 Å². The van der Waals surface area contributed by atoms with Gasteiger partial charge in [-0.3, -0.25) is 0 Å². The van der Waals surface area contributed by atoms with Crippen LogP contribution in [0.1, 0.15) is 31.7 Å². The van der Waals surface area contributed by atoms with Gasteiger partial charge in [0.15, 0.2) is 0 Å². The van der Waals surface area contributed by atoms with Gasteiger partial charge in [0.25, 0.3) is 0 Å². The Morgan fingerprint density at radius 1 is 1.44 bits per heavy atom. The lowest BCUT2D eigenvalue weighted by atomic mass is 10.1. The van der Waals surface area contributed by atoms with Crippen molar-refractivity contribution in [2.75, 3.05) is 11.9 Å². The zero-order chi connectivity index (χ0) is 13.6. The monoisotopic (exact) mass is 261 g/mol. The summed E-state index contributed by atoms with van der Waals surface area (Å²) in [6.45, 7) is 2.42. The van der Waals surface area contributed by atoms with Gasteiger partial charge in [0.2, 0.25) is 0 Å². The minimum atomic E-state index is -4.35. The molecule has 1 atom stereocenters. The summed E-state index contributed by atoms with van der Waals surface area (Å²) in [5.74, 6) is 0.219. The van der Waals surface area contributed by atoms with E-state index < -0.39 is 11.7 Å². The highest BCUT2D eigenvalue weighted by molar-refractivity contribution is 5.39. The average molecular weight is 261 g/mol. The molecule has 0 bridgehead atoms. The number of nitrogens with one attached hydrogen (secondary N) is 1. The van der Waals surface area contributed by atoms with Crippen LogP contribution in [0.4, 0.5) is 19.0 Å². The van der Waals surface area contributed by atoms with Crippen LogP contribution in [0.25, 0.3) is 0 Å². The van der Waals surface area contributed by atoms with Crippen LogP contribution in [0.5, 0.6) is 0 Å². The number of hydrogen-bond donors (Lipinski definition) is 2. The number of halogens is 3. The van der Waals surface area contributed by atoms with Gasteiger partial charge in [-0.1, -0.05) is 19.8 Å². The van der Waals surface area contributed by atoms with Crippen LogP contribution in [0.15, 0.2) is 18.3 Å². The van der Waals surface area contributed by atoms with Crippen molar-refractivity contribution in [3.8, 4) is 0 Å². The maximum absolute atomic E-state index is 12.5. The minimum absolute atomic E-state index is 0.0408. The Hall–Kier alpha value is -1.30. The predicted octanol–water partition coefficient (Wildman–Crippen LogP) is 3.03. The molecule has 0 saturated heterocycles. The molecule has 0 spiro atoms. The fourth-order valence-electron chi connectivity index (χ4n) is 1.59. The lowest BCUT2D eigenvalue weighted by Gasteiger charge is -2.17. The van der Waals surface area contributed by atoms with Crippen molar-refractivity contribution in [3.05, 3.63) is 23.9 Å². The summed E-state index contributed by atoms with van der Waals surface area (Å²) in [5, 5.41) is 2.94. The third-order valence-corrected chi connectivity index (χ3v) is 2.63.